The van der Waals surface area contributed by atoms with Gasteiger partial charge in [-0.1, -0.05) is 5.16 Å². The van der Waals surface area contributed by atoms with Gasteiger partial charge in [0.25, 0.3) is 5.91 Å². The van der Waals surface area contributed by atoms with Gasteiger partial charge in [-0.3, -0.25) is 4.79 Å². The maximum atomic E-state index is 12.5. The van der Waals surface area contributed by atoms with E-state index in [2.05, 4.69) is 5.16 Å². The van der Waals surface area contributed by atoms with Crippen LogP contribution in [0.4, 0.5) is 0 Å². The van der Waals surface area contributed by atoms with E-state index < -0.39 is 5.60 Å². The predicted octanol–water partition coefficient (Wildman–Crippen LogP) is 2.45. The van der Waals surface area contributed by atoms with E-state index in [9.17, 15) is 4.79 Å². The van der Waals surface area contributed by atoms with Crippen molar-refractivity contribution >= 4 is 11.6 Å². The zero-order valence-corrected chi connectivity index (χ0v) is 13.0. The summed E-state index contributed by atoms with van der Waals surface area (Å²) in [5, 5.41) is 4.12. The third-order valence-electron chi connectivity index (χ3n) is 3.79. The van der Waals surface area contributed by atoms with E-state index in [0.717, 1.165) is 17.0 Å². The number of likely N-dealkylation sites (N-methyl/N-ethyl adjacent to an activating group) is 1. The zero-order valence-electron chi connectivity index (χ0n) is 13.0. The van der Waals surface area contributed by atoms with E-state index in [4.69, 9.17) is 9.57 Å². The number of carbonyl (C=O) groups excluding carboxylic acids is 1. The van der Waals surface area contributed by atoms with E-state index in [0.29, 0.717) is 19.5 Å². The summed E-state index contributed by atoms with van der Waals surface area (Å²) in [6.45, 7) is 7.07. The van der Waals surface area contributed by atoms with Gasteiger partial charge in [0.2, 0.25) is 5.60 Å². The zero-order chi connectivity index (χ0) is 15.5. The number of ether oxygens (including phenoxy) is 1. The summed E-state index contributed by atoms with van der Waals surface area (Å²) < 4.78 is 5.14. The summed E-state index contributed by atoms with van der Waals surface area (Å²) in [4.78, 5) is 19.8. The predicted molar refractivity (Wildman–Crippen MR) is 81.6 cm³/mol. The van der Waals surface area contributed by atoms with Crippen LogP contribution in [0.25, 0.3) is 0 Å². The highest BCUT2D eigenvalue weighted by Gasteiger charge is 2.44. The molecule has 0 radical (unpaired) electrons. The number of amides is 1. The standard InChI is InChI=1S/C16H22N2O3/c1-5-18(6-2)15(19)16(3)11-14(17-21-16)12-7-9-13(20-4)10-8-12/h7-10H,5-6,11H2,1-4H3/t16-/m1/s1. The van der Waals surface area contributed by atoms with Gasteiger partial charge >= 0.3 is 0 Å². The maximum Gasteiger partial charge on any atom is 0.269 e. The van der Waals surface area contributed by atoms with E-state index >= 15 is 0 Å². The Labute approximate surface area is 125 Å². The van der Waals surface area contributed by atoms with Crippen molar-refractivity contribution in [3.8, 4) is 5.75 Å². The lowest BCUT2D eigenvalue weighted by atomic mass is 9.94. The fourth-order valence-electron chi connectivity index (χ4n) is 2.44. The highest BCUT2D eigenvalue weighted by molar-refractivity contribution is 6.05. The van der Waals surface area contributed by atoms with Crippen molar-refractivity contribution in [3.63, 3.8) is 0 Å². The van der Waals surface area contributed by atoms with E-state index in [1.54, 1.807) is 18.9 Å². The summed E-state index contributed by atoms with van der Waals surface area (Å²) in [5.74, 6) is 0.778. The molecule has 1 aromatic carbocycles. The summed E-state index contributed by atoms with van der Waals surface area (Å²) in [6, 6.07) is 7.60. The molecule has 0 aliphatic carbocycles. The van der Waals surface area contributed by atoms with Crippen LogP contribution in [0.2, 0.25) is 0 Å². The molecule has 1 atom stereocenters. The van der Waals surface area contributed by atoms with Crippen molar-refractivity contribution in [1.82, 2.24) is 4.90 Å². The Kier molecular flexibility index (Phi) is 4.50. The Hall–Kier alpha value is -2.04. The summed E-state index contributed by atoms with van der Waals surface area (Å²) >= 11 is 0. The molecule has 5 nitrogen and oxygen atoms in total. The molecule has 21 heavy (non-hydrogen) atoms. The molecule has 0 fully saturated rings. The number of oxime groups is 1. The van der Waals surface area contributed by atoms with Crippen LogP contribution in [-0.2, 0) is 9.63 Å². The van der Waals surface area contributed by atoms with Crippen molar-refractivity contribution in [3.05, 3.63) is 29.8 Å². The number of rotatable bonds is 5. The highest BCUT2D eigenvalue weighted by Crippen LogP contribution is 2.29. The Morgan fingerprint density at radius 2 is 1.95 bits per heavy atom. The second-order valence-electron chi connectivity index (χ2n) is 5.24. The monoisotopic (exact) mass is 290 g/mol. The molecule has 1 amide bonds. The van der Waals surface area contributed by atoms with Gasteiger partial charge in [-0.25, -0.2) is 0 Å². The summed E-state index contributed by atoms with van der Waals surface area (Å²) in [5.41, 5.74) is 0.842. The molecule has 0 unspecified atom stereocenters. The molecule has 0 bridgehead atoms. The Bertz CT molecular complexity index is 535. The Balaban J connectivity index is 2.12. The lowest BCUT2D eigenvalue weighted by Gasteiger charge is -2.28. The molecule has 1 heterocycles. The number of nitrogens with zero attached hydrogens (tertiary/aromatic N) is 2. The third kappa shape index (κ3) is 3.01. The van der Waals surface area contributed by atoms with E-state index in [1.165, 1.54) is 0 Å². The summed E-state index contributed by atoms with van der Waals surface area (Å²) in [7, 11) is 1.63. The molecule has 1 aromatic rings. The summed E-state index contributed by atoms with van der Waals surface area (Å²) in [6.07, 6.45) is 0.481. The first-order valence-corrected chi connectivity index (χ1v) is 7.23. The minimum Gasteiger partial charge on any atom is -0.497 e. The second-order valence-corrected chi connectivity index (χ2v) is 5.24. The van der Waals surface area contributed by atoms with Crippen molar-refractivity contribution in [2.45, 2.75) is 32.8 Å². The van der Waals surface area contributed by atoms with Gasteiger partial charge in [0.1, 0.15) is 5.75 Å². The molecule has 2 rings (SSSR count). The molecule has 5 heteroatoms. The minimum atomic E-state index is -0.902. The smallest absolute Gasteiger partial charge is 0.269 e. The molecule has 0 saturated heterocycles. The first kappa shape index (κ1) is 15.4. The van der Waals surface area contributed by atoms with Crippen LogP contribution in [-0.4, -0.2) is 42.3 Å². The third-order valence-corrected chi connectivity index (χ3v) is 3.79. The molecule has 114 valence electrons. The lowest BCUT2D eigenvalue weighted by Crippen LogP contribution is -2.47. The van der Waals surface area contributed by atoms with Crippen LogP contribution >= 0.6 is 0 Å². The van der Waals surface area contributed by atoms with Gasteiger partial charge in [-0.15, -0.1) is 0 Å². The van der Waals surface area contributed by atoms with Crippen molar-refractivity contribution in [2.75, 3.05) is 20.2 Å². The van der Waals surface area contributed by atoms with Crippen LogP contribution in [0.15, 0.2) is 29.4 Å². The molecule has 1 aliphatic rings. The number of carbonyl (C=O) groups is 1. The molecule has 1 aliphatic heterocycles. The van der Waals surface area contributed by atoms with E-state index in [-0.39, 0.29) is 5.91 Å². The molecular formula is C16H22N2O3. The van der Waals surface area contributed by atoms with Gasteiger partial charge in [0.05, 0.1) is 12.8 Å². The van der Waals surface area contributed by atoms with Gasteiger partial charge in [0, 0.05) is 19.5 Å². The number of hydrogen-bond donors (Lipinski definition) is 0. The molecule has 0 aromatic heterocycles. The maximum absolute atomic E-state index is 12.5. The lowest BCUT2D eigenvalue weighted by molar-refractivity contribution is -0.152. The van der Waals surface area contributed by atoms with Crippen LogP contribution in [0, 0.1) is 0 Å². The minimum absolute atomic E-state index is 0.0141. The first-order chi connectivity index (χ1) is 10.0. The molecule has 0 saturated carbocycles. The van der Waals surface area contributed by atoms with Gasteiger partial charge in [-0.05, 0) is 50.6 Å². The van der Waals surface area contributed by atoms with Gasteiger partial charge < -0.3 is 14.5 Å². The normalized spacial score (nSPS) is 20.7. The van der Waals surface area contributed by atoms with Crippen LogP contribution in [0.3, 0.4) is 0 Å². The van der Waals surface area contributed by atoms with Crippen molar-refractivity contribution < 1.29 is 14.4 Å². The van der Waals surface area contributed by atoms with Crippen molar-refractivity contribution in [1.29, 1.82) is 0 Å². The number of methoxy groups -OCH3 is 1. The highest BCUT2D eigenvalue weighted by atomic mass is 16.7. The Morgan fingerprint density at radius 3 is 2.48 bits per heavy atom. The Morgan fingerprint density at radius 1 is 1.33 bits per heavy atom. The first-order valence-electron chi connectivity index (χ1n) is 7.23. The van der Waals surface area contributed by atoms with Crippen molar-refractivity contribution in [2.24, 2.45) is 5.16 Å². The van der Waals surface area contributed by atoms with Crippen LogP contribution in [0.1, 0.15) is 32.8 Å². The average Bonchev–Trinajstić information content (AvgIpc) is 2.92. The van der Waals surface area contributed by atoms with E-state index in [1.807, 2.05) is 38.1 Å². The van der Waals surface area contributed by atoms with Crippen LogP contribution in [0.5, 0.6) is 5.75 Å². The fourth-order valence-corrected chi connectivity index (χ4v) is 2.44. The molecule has 0 spiro atoms. The second kappa shape index (κ2) is 6.16. The molecule has 0 N–H and O–H groups in total. The molecular weight excluding hydrogens is 268 g/mol. The number of hydrogen-bond acceptors (Lipinski definition) is 4. The fraction of sp³-hybridized carbons (Fsp3) is 0.500. The average molecular weight is 290 g/mol. The van der Waals surface area contributed by atoms with Gasteiger partial charge in [-0.2, -0.15) is 0 Å². The SMILES string of the molecule is CCN(CC)C(=O)[C@@]1(C)CC(c2ccc(OC)cc2)=NO1. The quantitative estimate of drug-likeness (QED) is 0.837. The van der Waals surface area contributed by atoms with Gasteiger partial charge in [0.15, 0.2) is 0 Å². The largest absolute Gasteiger partial charge is 0.497 e. The topological polar surface area (TPSA) is 51.1 Å². The van der Waals surface area contributed by atoms with Crippen LogP contribution < -0.4 is 4.74 Å². The number of benzene rings is 1.